The van der Waals surface area contributed by atoms with Gasteiger partial charge >= 0.3 is 17.6 Å². The Hall–Kier alpha value is -3.49. The molecule has 0 bridgehead atoms. The van der Waals surface area contributed by atoms with Gasteiger partial charge in [-0.05, 0) is 25.5 Å². The quantitative estimate of drug-likeness (QED) is 0.445. The maximum Gasteiger partial charge on any atom is 0.340 e. The van der Waals surface area contributed by atoms with Crippen LogP contribution in [0, 0.1) is 24.0 Å². The van der Waals surface area contributed by atoms with Crippen molar-refractivity contribution in [1.82, 2.24) is 4.98 Å². The lowest BCUT2D eigenvalue weighted by atomic mass is 9.92. The van der Waals surface area contributed by atoms with Crippen molar-refractivity contribution in [3.63, 3.8) is 0 Å². The average molecular weight is 374 g/mol. The molecule has 0 radical (unpaired) electrons. The fraction of sp³-hybridized carbons (Fsp3) is 0.278. The number of hydrogen-bond donors (Lipinski definition) is 0. The summed E-state index contributed by atoms with van der Waals surface area (Å²) < 4.78 is 14.6. The monoisotopic (exact) mass is 374 g/mol. The Bertz CT molecular complexity index is 898. The number of ether oxygens (including phenoxy) is 3. The van der Waals surface area contributed by atoms with Crippen LogP contribution >= 0.6 is 0 Å². The smallest absolute Gasteiger partial charge is 0.340 e. The van der Waals surface area contributed by atoms with Crippen LogP contribution in [0.2, 0.25) is 0 Å². The van der Waals surface area contributed by atoms with Gasteiger partial charge in [0, 0.05) is 11.6 Å². The molecule has 0 amide bonds. The lowest BCUT2D eigenvalue weighted by molar-refractivity contribution is -0.385. The van der Waals surface area contributed by atoms with Crippen molar-refractivity contribution in [3.05, 3.63) is 50.8 Å². The number of aromatic nitrogens is 1. The molecule has 0 saturated heterocycles. The van der Waals surface area contributed by atoms with Crippen molar-refractivity contribution >= 4 is 17.6 Å². The van der Waals surface area contributed by atoms with Gasteiger partial charge in [0.15, 0.2) is 5.75 Å². The second kappa shape index (κ2) is 7.81. The summed E-state index contributed by atoms with van der Waals surface area (Å²) in [6, 6.07) is 4.13. The van der Waals surface area contributed by atoms with Crippen LogP contribution in [0.25, 0.3) is 11.1 Å². The van der Waals surface area contributed by atoms with Crippen LogP contribution < -0.4 is 4.74 Å². The molecule has 1 aromatic heterocycles. The fourth-order valence-electron chi connectivity index (χ4n) is 2.83. The third kappa shape index (κ3) is 3.57. The summed E-state index contributed by atoms with van der Waals surface area (Å²) in [7, 11) is 3.70. The van der Waals surface area contributed by atoms with Gasteiger partial charge in [0.25, 0.3) is 0 Å². The Kier molecular flexibility index (Phi) is 5.74. The number of carbonyl (C=O) groups excluding carboxylic acids is 2. The average Bonchev–Trinajstić information content (AvgIpc) is 2.65. The lowest BCUT2D eigenvalue weighted by Crippen LogP contribution is -2.16. The highest BCUT2D eigenvalue weighted by Crippen LogP contribution is 2.37. The molecule has 27 heavy (non-hydrogen) atoms. The van der Waals surface area contributed by atoms with E-state index in [2.05, 4.69) is 4.98 Å². The molecule has 0 N–H and O–H groups in total. The molecule has 1 heterocycles. The number of carbonyl (C=O) groups is 2. The largest absolute Gasteiger partial charge is 0.490 e. The highest BCUT2D eigenvalue weighted by Gasteiger charge is 2.28. The van der Waals surface area contributed by atoms with Crippen molar-refractivity contribution in [1.29, 1.82) is 0 Å². The summed E-state index contributed by atoms with van der Waals surface area (Å²) in [5, 5.41) is 11.4. The molecule has 0 aliphatic carbocycles. The topological polar surface area (TPSA) is 118 Å². The minimum atomic E-state index is -0.723. The second-order valence-electron chi connectivity index (χ2n) is 5.53. The molecule has 0 aliphatic heterocycles. The number of pyridine rings is 1. The van der Waals surface area contributed by atoms with Gasteiger partial charge in [-0.2, -0.15) is 0 Å². The van der Waals surface area contributed by atoms with Crippen molar-refractivity contribution in [3.8, 4) is 16.9 Å². The molecule has 142 valence electrons. The zero-order chi connectivity index (χ0) is 20.3. The van der Waals surface area contributed by atoms with Crippen LogP contribution in [0.4, 0.5) is 5.69 Å². The van der Waals surface area contributed by atoms with E-state index >= 15 is 0 Å². The predicted molar refractivity (Wildman–Crippen MR) is 95.0 cm³/mol. The first-order chi connectivity index (χ1) is 12.8. The molecular formula is C18H18N2O7. The first-order valence-electron chi connectivity index (χ1n) is 7.77. The highest BCUT2D eigenvalue weighted by molar-refractivity contribution is 6.07. The molecule has 0 spiro atoms. The normalized spacial score (nSPS) is 10.3. The maximum absolute atomic E-state index is 12.4. The van der Waals surface area contributed by atoms with Gasteiger partial charge in [-0.1, -0.05) is 6.07 Å². The van der Waals surface area contributed by atoms with Crippen LogP contribution in [0.3, 0.4) is 0 Å². The van der Waals surface area contributed by atoms with E-state index in [9.17, 15) is 19.7 Å². The molecule has 0 aliphatic rings. The van der Waals surface area contributed by atoms with E-state index in [-0.39, 0.29) is 33.7 Å². The van der Waals surface area contributed by atoms with Crippen molar-refractivity contribution < 1.29 is 28.7 Å². The second-order valence-corrected chi connectivity index (χ2v) is 5.53. The third-order valence-corrected chi connectivity index (χ3v) is 4.00. The van der Waals surface area contributed by atoms with E-state index in [0.717, 1.165) is 0 Å². The van der Waals surface area contributed by atoms with E-state index in [0.29, 0.717) is 11.4 Å². The van der Waals surface area contributed by atoms with Gasteiger partial charge in [-0.15, -0.1) is 0 Å². The van der Waals surface area contributed by atoms with Crippen molar-refractivity contribution in [2.24, 2.45) is 0 Å². The van der Waals surface area contributed by atoms with Crippen molar-refractivity contribution in [2.45, 2.75) is 13.8 Å². The van der Waals surface area contributed by atoms with E-state index in [1.807, 2.05) is 0 Å². The van der Waals surface area contributed by atoms with E-state index in [4.69, 9.17) is 14.2 Å². The number of esters is 2. The summed E-state index contributed by atoms with van der Waals surface area (Å²) in [6.07, 6.45) is 0. The molecule has 9 nitrogen and oxygen atoms in total. The van der Waals surface area contributed by atoms with Crippen LogP contribution in [0.1, 0.15) is 32.1 Å². The lowest BCUT2D eigenvalue weighted by Gasteiger charge is -2.17. The molecule has 2 rings (SSSR count). The molecule has 0 unspecified atom stereocenters. The number of benzene rings is 1. The molecule has 0 atom stereocenters. The number of methoxy groups -OCH3 is 3. The van der Waals surface area contributed by atoms with E-state index in [1.165, 1.54) is 39.5 Å². The van der Waals surface area contributed by atoms with Gasteiger partial charge in [-0.25, -0.2) is 9.59 Å². The van der Waals surface area contributed by atoms with Gasteiger partial charge in [-0.3, -0.25) is 15.1 Å². The summed E-state index contributed by atoms with van der Waals surface area (Å²) in [5.41, 5.74) is 0.807. The Morgan fingerprint density at radius 2 is 1.52 bits per heavy atom. The Labute approximate surface area is 155 Å². The summed E-state index contributed by atoms with van der Waals surface area (Å²) in [6.45, 7) is 3.17. The first kappa shape index (κ1) is 19.8. The number of nitro benzene ring substituents is 1. The minimum absolute atomic E-state index is 0.0305. The summed E-state index contributed by atoms with van der Waals surface area (Å²) in [4.78, 5) is 39.7. The molecular weight excluding hydrogens is 356 g/mol. The molecule has 0 saturated carbocycles. The van der Waals surface area contributed by atoms with Crippen LogP contribution in [0.5, 0.6) is 5.75 Å². The summed E-state index contributed by atoms with van der Waals surface area (Å²) in [5.74, 6) is -1.40. The predicted octanol–water partition coefficient (Wildman–Crippen LogP) is 2.86. The number of aryl methyl sites for hydroxylation is 2. The Morgan fingerprint density at radius 1 is 1.00 bits per heavy atom. The number of rotatable bonds is 5. The van der Waals surface area contributed by atoms with Gasteiger partial charge < -0.3 is 14.2 Å². The van der Waals surface area contributed by atoms with Gasteiger partial charge in [0.1, 0.15) is 0 Å². The molecule has 0 fully saturated rings. The van der Waals surface area contributed by atoms with Crippen LogP contribution in [0.15, 0.2) is 18.2 Å². The number of hydrogen-bond acceptors (Lipinski definition) is 8. The number of nitrogens with zero attached hydrogens (tertiary/aromatic N) is 2. The summed E-state index contributed by atoms with van der Waals surface area (Å²) >= 11 is 0. The van der Waals surface area contributed by atoms with Crippen LogP contribution in [-0.2, 0) is 9.47 Å². The molecule has 2 aromatic rings. The first-order valence-corrected chi connectivity index (χ1v) is 7.77. The third-order valence-electron chi connectivity index (χ3n) is 4.00. The Morgan fingerprint density at radius 3 is 1.93 bits per heavy atom. The molecule has 9 heteroatoms. The highest BCUT2D eigenvalue weighted by atomic mass is 16.6. The van der Waals surface area contributed by atoms with Crippen molar-refractivity contribution in [2.75, 3.05) is 21.3 Å². The maximum atomic E-state index is 12.4. The van der Waals surface area contributed by atoms with Gasteiger partial charge in [0.2, 0.25) is 0 Å². The van der Waals surface area contributed by atoms with E-state index in [1.54, 1.807) is 13.8 Å². The Balaban J connectivity index is 2.96. The van der Waals surface area contributed by atoms with Gasteiger partial charge in [0.05, 0.1) is 48.8 Å². The fourth-order valence-corrected chi connectivity index (χ4v) is 2.83. The molecule has 1 aromatic carbocycles. The SMILES string of the molecule is COC(=O)c1c(C)nc(C)c(C(=O)OC)c1-c1ccc(OC)c([N+](=O)[O-])c1. The van der Waals surface area contributed by atoms with E-state index < -0.39 is 16.9 Å². The standard InChI is InChI=1S/C18H18N2O7/c1-9-14(17(21)26-4)16(15(10(2)19-9)18(22)27-5)11-6-7-13(25-3)12(8-11)20(23)24/h6-8H,1-5H3. The zero-order valence-electron chi connectivity index (χ0n) is 15.5. The van der Waals surface area contributed by atoms with Crippen LogP contribution in [-0.4, -0.2) is 43.2 Å². The minimum Gasteiger partial charge on any atom is -0.490 e. The zero-order valence-corrected chi connectivity index (χ0v) is 15.5. The number of nitro groups is 1.